The average molecular weight is 237 g/mol. The van der Waals surface area contributed by atoms with Gasteiger partial charge in [-0.3, -0.25) is 4.79 Å². The summed E-state index contributed by atoms with van der Waals surface area (Å²) in [6.07, 6.45) is 6.46. The van der Waals surface area contributed by atoms with E-state index >= 15 is 0 Å². The van der Waals surface area contributed by atoms with Crippen molar-refractivity contribution < 1.29 is 0 Å². The second-order valence-corrected chi connectivity index (χ2v) is 6.83. The maximum Gasteiger partial charge on any atom is 0.305 e. The van der Waals surface area contributed by atoms with Crippen LogP contribution in [0.3, 0.4) is 0 Å². The SMILES string of the molecule is O=c1[nH]c2c(s1)C=C1[C@H]3CC[C@H](C3)[C@H]1S2. The van der Waals surface area contributed by atoms with E-state index in [9.17, 15) is 4.79 Å². The molecule has 2 saturated carbocycles. The Morgan fingerprint density at radius 3 is 3.27 bits per heavy atom. The Morgan fingerprint density at radius 2 is 2.33 bits per heavy atom. The van der Waals surface area contributed by atoms with Gasteiger partial charge in [-0.1, -0.05) is 28.7 Å². The van der Waals surface area contributed by atoms with Gasteiger partial charge in [-0.25, -0.2) is 0 Å². The predicted molar refractivity (Wildman–Crippen MR) is 63.4 cm³/mol. The number of H-pyrrole nitrogens is 1. The van der Waals surface area contributed by atoms with E-state index in [1.807, 2.05) is 11.8 Å². The lowest BCUT2D eigenvalue weighted by Gasteiger charge is -2.27. The summed E-state index contributed by atoms with van der Waals surface area (Å²) in [6.45, 7) is 0. The number of fused-ring (bicyclic) bond motifs is 6. The van der Waals surface area contributed by atoms with Gasteiger partial charge in [0.25, 0.3) is 0 Å². The highest BCUT2D eigenvalue weighted by Crippen LogP contribution is 2.57. The molecule has 2 fully saturated rings. The normalized spacial score (nSPS) is 36.3. The van der Waals surface area contributed by atoms with Crippen molar-refractivity contribution in [2.45, 2.75) is 29.5 Å². The van der Waals surface area contributed by atoms with Crippen LogP contribution >= 0.6 is 23.1 Å². The summed E-state index contributed by atoms with van der Waals surface area (Å²) in [5.41, 5.74) is 1.62. The van der Waals surface area contributed by atoms with Gasteiger partial charge in [0.05, 0.1) is 9.90 Å². The zero-order chi connectivity index (χ0) is 9.99. The minimum atomic E-state index is 0.0941. The molecule has 78 valence electrons. The van der Waals surface area contributed by atoms with Gasteiger partial charge in [0, 0.05) is 5.25 Å². The smallest absolute Gasteiger partial charge is 0.305 e. The summed E-state index contributed by atoms with van der Waals surface area (Å²) in [6, 6.07) is 0. The molecule has 1 aliphatic heterocycles. The van der Waals surface area contributed by atoms with Crippen molar-refractivity contribution >= 4 is 29.2 Å². The molecule has 4 rings (SSSR count). The molecule has 2 aliphatic carbocycles. The van der Waals surface area contributed by atoms with Gasteiger partial charge in [-0.05, 0) is 37.2 Å². The van der Waals surface area contributed by atoms with E-state index in [0.29, 0.717) is 5.25 Å². The Bertz CT molecular complexity index is 513. The zero-order valence-electron chi connectivity index (χ0n) is 8.16. The number of thiazole rings is 1. The molecule has 3 atom stereocenters. The van der Waals surface area contributed by atoms with Crippen LogP contribution in [-0.2, 0) is 0 Å². The van der Waals surface area contributed by atoms with Crippen molar-refractivity contribution in [3.63, 3.8) is 0 Å². The number of hydrogen-bond donors (Lipinski definition) is 1. The molecule has 2 heterocycles. The van der Waals surface area contributed by atoms with Crippen LogP contribution in [0, 0.1) is 11.8 Å². The lowest BCUT2D eigenvalue weighted by Crippen LogP contribution is -2.18. The fourth-order valence-electron chi connectivity index (χ4n) is 3.25. The molecule has 0 unspecified atom stereocenters. The molecule has 4 heteroatoms. The lowest BCUT2D eigenvalue weighted by atomic mass is 9.93. The molecule has 0 aromatic carbocycles. The van der Waals surface area contributed by atoms with Crippen LogP contribution in [0.4, 0.5) is 0 Å². The maximum atomic E-state index is 11.3. The van der Waals surface area contributed by atoms with Crippen molar-refractivity contribution in [3.05, 3.63) is 20.1 Å². The highest BCUT2D eigenvalue weighted by Gasteiger charge is 2.45. The Kier molecular flexibility index (Phi) is 1.61. The van der Waals surface area contributed by atoms with Crippen LogP contribution in [-0.4, -0.2) is 10.2 Å². The molecule has 0 amide bonds. The Balaban J connectivity index is 1.88. The van der Waals surface area contributed by atoms with Gasteiger partial charge in [-0.15, -0.1) is 0 Å². The Morgan fingerprint density at radius 1 is 1.40 bits per heavy atom. The molecule has 1 aromatic heterocycles. The average Bonchev–Trinajstić information content (AvgIpc) is 2.85. The monoisotopic (exact) mass is 237 g/mol. The first-order valence-electron chi connectivity index (χ1n) is 5.42. The molecule has 2 nitrogen and oxygen atoms in total. The zero-order valence-corrected chi connectivity index (χ0v) is 9.79. The highest BCUT2D eigenvalue weighted by molar-refractivity contribution is 8.00. The van der Waals surface area contributed by atoms with Crippen molar-refractivity contribution in [2.24, 2.45) is 11.8 Å². The first-order chi connectivity index (χ1) is 7.31. The van der Waals surface area contributed by atoms with E-state index in [4.69, 9.17) is 0 Å². The molecule has 0 radical (unpaired) electrons. The van der Waals surface area contributed by atoms with Gasteiger partial charge in [0.1, 0.15) is 0 Å². The van der Waals surface area contributed by atoms with E-state index < -0.39 is 0 Å². The van der Waals surface area contributed by atoms with E-state index in [1.165, 1.54) is 35.5 Å². The van der Waals surface area contributed by atoms with Crippen LogP contribution in [0.15, 0.2) is 15.4 Å². The van der Waals surface area contributed by atoms with Crippen LogP contribution in [0.5, 0.6) is 0 Å². The van der Waals surface area contributed by atoms with Crippen molar-refractivity contribution in [2.75, 3.05) is 0 Å². The van der Waals surface area contributed by atoms with Crippen molar-refractivity contribution in [3.8, 4) is 0 Å². The molecule has 0 saturated heterocycles. The van der Waals surface area contributed by atoms with Crippen LogP contribution in [0.1, 0.15) is 24.1 Å². The van der Waals surface area contributed by atoms with Crippen LogP contribution < -0.4 is 4.87 Å². The fourth-order valence-corrected chi connectivity index (χ4v) is 5.69. The Hall–Kier alpha value is -0.480. The summed E-state index contributed by atoms with van der Waals surface area (Å²) < 4.78 is 0. The standard InChI is InChI=1S/C11H11NOS2/c13-11-12-10-8(14-11)4-7-5-1-2-6(3-5)9(7)15-10/h4-6,9H,1-3H2,(H,12,13)/t5-,6+,9+/m0/s1. The molecule has 3 aliphatic rings. The third-order valence-electron chi connectivity index (χ3n) is 3.89. The number of thioether (sulfide) groups is 1. The number of aromatic amines is 1. The maximum absolute atomic E-state index is 11.3. The largest absolute Gasteiger partial charge is 0.307 e. The lowest BCUT2D eigenvalue weighted by molar-refractivity contribution is 0.573. The van der Waals surface area contributed by atoms with Crippen molar-refractivity contribution in [1.29, 1.82) is 0 Å². The number of rotatable bonds is 0. The fraction of sp³-hybridized carbons (Fsp3) is 0.545. The van der Waals surface area contributed by atoms with Crippen molar-refractivity contribution in [1.82, 2.24) is 4.98 Å². The number of aromatic nitrogens is 1. The first kappa shape index (κ1) is 8.65. The highest BCUT2D eigenvalue weighted by atomic mass is 32.2. The van der Waals surface area contributed by atoms with Gasteiger partial charge in [0.2, 0.25) is 0 Å². The molecule has 2 bridgehead atoms. The summed E-state index contributed by atoms with van der Waals surface area (Å²) in [5, 5.41) is 1.80. The molecular weight excluding hydrogens is 226 g/mol. The first-order valence-corrected chi connectivity index (χ1v) is 7.12. The summed E-state index contributed by atoms with van der Waals surface area (Å²) >= 11 is 3.26. The molecular formula is C11H11NOS2. The van der Waals surface area contributed by atoms with Gasteiger partial charge < -0.3 is 4.98 Å². The number of hydrogen-bond acceptors (Lipinski definition) is 3. The van der Waals surface area contributed by atoms with E-state index in [1.54, 1.807) is 5.57 Å². The second-order valence-electron chi connectivity index (χ2n) is 4.66. The Labute approximate surface area is 95.8 Å². The third-order valence-corrected chi connectivity index (χ3v) is 6.31. The number of nitrogens with one attached hydrogen (secondary N) is 1. The minimum Gasteiger partial charge on any atom is -0.307 e. The molecule has 15 heavy (non-hydrogen) atoms. The topological polar surface area (TPSA) is 32.9 Å². The second kappa shape index (κ2) is 2.80. The van der Waals surface area contributed by atoms with Crippen LogP contribution in [0.25, 0.3) is 6.08 Å². The summed E-state index contributed by atoms with van der Waals surface area (Å²) in [5.74, 6) is 1.71. The third kappa shape index (κ3) is 1.09. The molecule has 1 N–H and O–H groups in total. The van der Waals surface area contributed by atoms with E-state index in [-0.39, 0.29) is 4.87 Å². The van der Waals surface area contributed by atoms with Gasteiger partial charge in [-0.2, -0.15) is 0 Å². The van der Waals surface area contributed by atoms with Crippen LogP contribution in [0.2, 0.25) is 0 Å². The van der Waals surface area contributed by atoms with Gasteiger partial charge in [0.15, 0.2) is 0 Å². The molecule has 1 aromatic rings. The summed E-state index contributed by atoms with van der Waals surface area (Å²) in [7, 11) is 0. The van der Waals surface area contributed by atoms with Gasteiger partial charge >= 0.3 is 4.87 Å². The van der Waals surface area contributed by atoms with E-state index in [0.717, 1.165) is 16.9 Å². The molecule has 0 spiro atoms. The minimum absolute atomic E-state index is 0.0941. The summed E-state index contributed by atoms with van der Waals surface area (Å²) in [4.78, 5) is 15.5. The van der Waals surface area contributed by atoms with E-state index in [2.05, 4.69) is 11.1 Å². The quantitative estimate of drug-likeness (QED) is 0.752. The predicted octanol–water partition coefficient (Wildman–Crippen LogP) is 2.72.